The van der Waals surface area contributed by atoms with E-state index in [2.05, 4.69) is 19.9 Å². The molecule has 29 heavy (non-hydrogen) atoms. The van der Waals surface area contributed by atoms with Crippen molar-refractivity contribution in [3.8, 4) is 6.07 Å². The van der Waals surface area contributed by atoms with Crippen molar-refractivity contribution in [2.45, 2.75) is 136 Å². The molecule has 0 bridgehead atoms. The van der Waals surface area contributed by atoms with Gasteiger partial charge in [0.25, 0.3) is 0 Å². The number of unbranched alkanes of at least 4 members (excludes halogenated alkanes) is 5. The Morgan fingerprint density at radius 3 is 2.10 bits per heavy atom. The Kier molecular flexibility index (Phi) is 9.40. The largest absolute Gasteiger partial charge is 0.198 e. The second-order valence-corrected chi connectivity index (χ2v) is 11.3. The number of nitrogens with zero attached hydrogens (tertiary/aromatic N) is 1. The predicted molar refractivity (Wildman–Crippen MR) is 125 cm³/mol. The van der Waals surface area contributed by atoms with Gasteiger partial charge < -0.3 is 0 Å². The highest BCUT2D eigenvalue weighted by Gasteiger charge is 2.48. The summed E-state index contributed by atoms with van der Waals surface area (Å²) in [5.41, 5.74) is 0.0576. The molecule has 0 aromatic carbocycles. The highest BCUT2D eigenvalue weighted by Crippen LogP contribution is 2.56. The first kappa shape index (κ1) is 23.2. The van der Waals surface area contributed by atoms with E-state index in [9.17, 15) is 5.26 Å². The zero-order valence-corrected chi connectivity index (χ0v) is 19.8. The molecule has 1 heteroatoms. The Morgan fingerprint density at radius 2 is 1.38 bits per heavy atom. The molecule has 3 aliphatic carbocycles. The van der Waals surface area contributed by atoms with Gasteiger partial charge >= 0.3 is 0 Å². The van der Waals surface area contributed by atoms with Crippen molar-refractivity contribution < 1.29 is 0 Å². The van der Waals surface area contributed by atoms with Gasteiger partial charge in [0, 0.05) is 0 Å². The number of fused-ring (bicyclic) bond motifs is 1. The second kappa shape index (κ2) is 11.8. The normalized spacial score (nSPS) is 37.6. The Hall–Kier alpha value is -0.510. The summed E-state index contributed by atoms with van der Waals surface area (Å²) < 4.78 is 0. The Bertz CT molecular complexity index is 497. The fourth-order valence-corrected chi connectivity index (χ4v) is 7.43. The van der Waals surface area contributed by atoms with Crippen LogP contribution in [0.4, 0.5) is 0 Å². The molecular formula is C28H49N. The van der Waals surface area contributed by atoms with Gasteiger partial charge in [-0.2, -0.15) is 5.26 Å². The topological polar surface area (TPSA) is 23.8 Å². The van der Waals surface area contributed by atoms with Crippen LogP contribution in [0, 0.1) is 46.3 Å². The summed E-state index contributed by atoms with van der Waals surface area (Å²) >= 11 is 0. The van der Waals surface area contributed by atoms with Gasteiger partial charge in [0.15, 0.2) is 0 Å². The maximum Gasteiger partial charge on any atom is 0.0692 e. The number of nitriles is 1. The van der Waals surface area contributed by atoms with Gasteiger partial charge in [-0.3, -0.25) is 0 Å². The van der Waals surface area contributed by atoms with Crippen molar-refractivity contribution in [1.29, 1.82) is 5.26 Å². The van der Waals surface area contributed by atoms with Crippen LogP contribution in [-0.4, -0.2) is 0 Å². The average Bonchev–Trinajstić information content (AvgIpc) is 2.77. The number of hydrogen-bond acceptors (Lipinski definition) is 1. The summed E-state index contributed by atoms with van der Waals surface area (Å²) in [5, 5.41) is 10.2. The lowest BCUT2D eigenvalue weighted by atomic mass is 9.53. The van der Waals surface area contributed by atoms with Crippen molar-refractivity contribution in [1.82, 2.24) is 0 Å². The average molecular weight is 400 g/mol. The van der Waals surface area contributed by atoms with Gasteiger partial charge in [-0.25, -0.2) is 0 Å². The lowest BCUT2D eigenvalue weighted by molar-refractivity contribution is 0.0146. The first-order valence-electron chi connectivity index (χ1n) is 13.6. The summed E-state index contributed by atoms with van der Waals surface area (Å²) in [6.07, 6.45) is 26.6. The van der Waals surface area contributed by atoms with E-state index in [4.69, 9.17) is 0 Å². The SMILES string of the molecule is CCCCCCC1CCC(C2CC[C@]3(C#N)C[C@H](CCCCC)CC[C@@H]3C2)CC1. The van der Waals surface area contributed by atoms with Crippen LogP contribution in [0.5, 0.6) is 0 Å². The zero-order chi connectivity index (χ0) is 20.5. The van der Waals surface area contributed by atoms with E-state index in [1.165, 1.54) is 122 Å². The highest BCUT2D eigenvalue weighted by atomic mass is 14.5. The standard InChI is InChI=1S/C28H49N/c1-3-5-7-9-10-23-12-15-25(16-13-23)26-18-19-28(22-29)21-24(11-8-6-4-2)14-17-27(28)20-26/h23-27H,3-21H2,1-2H3/t23?,24-,25?,26?,27-,28-/m1/s1. The molecule has 0 aromatic rings. The first-order chi connectivity index (χ1) is 14.2. The summed E-state index contributed by atoms with van der Waals surface area (Å²) in [4.78, 5) is 0. The fourth-order valence-electron chi connectivity index (χ4n) is 7.43. The minimum atomic E-state index is 0.0576. The van der Waals surface area contributed by atoms with Crippen molar-refractivity contribution >= 4 is 0 Å². The monoisotopic (exact) mass is 399 g/mol. The van der Waals surface area contributed by atoms with E-state index in [1.54, 1.807) is 0 Å². The fraction of sp³-hybridized carbons (Fsp3) is 0.964. The summed E-state index contributed by atoms with van der Waals surface area (Å²) in [6.45, 7) is 4.62. The van der Waals surface area contributed by atoms with Gasteiger partial charge in [-0.1, -0.05) is 90.9 Å². The molecule has 3 rings (SSSR count). The van der Waals surface area contributed by atoms with Crippen LogP contribution in [0.1, 0.15) is 136 Å². The summed E-state index contributed by atoms with van der Waals surface area (Å²) in [5.74, 6) is 4.53. The molecule has 0 amide bonds. The molecule has 3 aliphatic rings. The third kappa shape index (κ3) is 6.24. The molecule has 3 fully saturated rings. The summed E-state index contributed by atoms with van der Waals surface area (Å²) in [7, 11) is 0. The van der Waals surface area contributed by atoms with Crippen molar-refractivity contribution in [2.24, 2.45) is 35.0 Å². The Balaban J connectivity index is 1.44. The third-order valence-electron chi connectivity index (χ3n) is 9.37. The van der Waals surface area contributed by atoms with Gasteiger partial charge in [0.2, 0.25) is 0 Å². The van der Waals surface area contributed by atoms with Crippen molar-refractivity contribution in [3.05, 3.63) is 0 Å². The molecule has 1 nitrogen and oxygen atoms in total. The second-order valence-electron chi connectivity index (χ2n) is 11.3. The molecule has 0 radical (unpaired) electrons. The molecule has 0 aliphatic heterocycles. The molecule has 4 atom stereocenters. The van der Waals surface area contributed by atoms with E-state index in [-0.39, 0.29) is 5.41 Å². The van der Waals surface area contributed by atoms with Crippen LogP contribution in [0.25, 0.3) is 0 Å². The van der Waals surface area contributed by atoms with Crippen LogP contribution in [0.3, 0.4) is 0 Å². The van der Waals surface area contributed by atoms with E-state index in [0.717, 1.165) is 29.6 Å². The molecule has 166 valence electrons. The van der Waals surface area contributed by atoms with Gasteiger partial charge in [0.05, 0.1) is 11.5 Å². The maximum absolute atomic E-state index is 10.2. The van der Waals surface area contributed by atoms with Gasteiger partial charge in [-0.15, -0.1) is 0 Å². The highest BCUT2D eigenvalue weighted by molar-refractivity contribution is 5.09. The molecule has 3 saturated carbocycles. The number of hydrogen-bond donors (Lipinski definition) is 0. The molecule has 1 unspecified atom stereocenters. The zero-order valence-electron chi connectivity index (χ0n) is 19.8. The van der Waals surface area contributed by atoms with Gasteiger partial charge in [0.1, 0.15) is 0 Å². The quantitative estimate of drug-likeness (QED) is 0.336. The van der Waals surface area contributed by atoms with Crippen LogP contribution in [-0.2, 0) is 0 Å². The maximum atomic E-state index is 10.2. The van der Waals surface area contributed by atoms with E-state index < -0.39 is 0 Å². The first-order valence-corrected chi connectivity index (χ1v) is 13.6. The Morgan fingerprint density at radius 1 is 0.724 bits per heavy atom. The van der Waals surface area contributed by atoms with Crippen molar-refractivity contribution in [2.75, 3.05) is 0 Å². The van der Waals surface area contributed by atoms with Crippen LogP contribution < -0.4 is 0 Å². The molecule has 0 heterocycles. The predicted octanol–water partition coefficient (Wildman–Crippen LogP) is 9.07. The van der Waals surface area contributed by atoms with Crippen LogP contribution in [0.2, 0.25) is 0 Å². The Labute approximate surface area is 182 Å². The molecule has 0 N–H and O–H groups in total. The summed E-state index contributed by atoms with van der Waals surface area (Å²) in [6, 6.07) is 2.90. The number of rotatable bonds is 10. The van der Waals surface area contributed by atoms with E-state index >= 15 is 0 Å². The smallest absolute Gasteiger partial charge is 0.0692 e. The molecule has 0 saturated heterocycles. The van der Waals surface area contributed by atoms with E-state index in [0.29, 0.717) is 0 Å². The van der Waals surface area contributed by atoms with Crippen molar-refractivity contribution in [3.63, 3.8) is 0 Å². The minimum Gasteiger partial charge on any atom is -0.198 e. The van der Waals surface area contributed by atoms with Crippen LogP contribution >= 0.6 is 0 Å². The molecule has 0 aromatic heterocycles. The molecular weight excluding hydrogens is 350 g/mol. The lowest BCUT2D eigenvalue weighted by Crippen LogP contribution is -2.42. The minimum absolute atomic E-state index is 0.0576. The van der Waals surface area contributed by atoms with Gasteiger partial charge in [-0.05, 0) is 74.5 Å². The molecule has 0 spiro atoms. The van der Waals surface area contributed by atoms with E-state index in [1.807, 2.05) is 0 Å². The third-order valence-corrected chi connectivity index (χ3v) is 9.37. The lowest BCUT2D eigenvalue weighted by Gasteiger charge is -2.50. The van der Waals surface area contributed by atoms with Crippen LogP contribution in [0.15, 0.2) is 0 Å².